The Bertz CT molecular complexity index is 505. The van der Waals surface area contributed by atoms with Gasteiger partial charge in [0.25, 0.3) is 5.91 Å². The lowest BCUT2D eigenvalue weighted by Crippen LogP contribution is -2.42. The van der Waals surface area contributed by atoms with E-state index in [-0.39, 0.29) is 11.9 Å². The van der Waals surface area contributed by atoms with Gasteiger partial charge in [0.05, 0.1) is 5.56 Å². The number of hydrogen-bond acceptors (Lipinski definition) is 3. The number of carbonyl (C=O) groups excluding carboxylic acids is 1. The fraction of sp³-hybridized carbons (Fsp3) is 0.500. The molecule has 1 amide bonds. The predicted octanol–water partition coefficient (Wildman–Crippen LogP) is 1.89. The van der Waals surface area contributed by atoms with Gasteiger partial charge >= 0.3 is 0 Å². The highest BCUT2D eigenvalue weighted by molar-refractivity contribution is 6.31. The highest BCUT2D eigenvalue weighted by Gasteiger charge is 2.37. The molecule has 19 heavy (non-hydrogen) atoms. The number of nitrogens with zero attached hydrogens (tertiary/aromatic N) is 1. The number of nitrogens with two attached hydrogens (primary N) is 1. The van der Waals surface area contributed by atoms with E-state index >= 15 is 0 Å². The summed E-state index contributed by atoms with van der Waals surface area (Å²) in [5.74, 6) is -0.0899. The second-order valence-electron chi connectivity index (χ2n) is 5.35. The lowest BCUT2D eigenvalue weighted by atomic mass is 10.1. The molecule has 4 nitrogen and oxygen atoms in total. The van der Waals surface area contributed by atoms with Crippen molar-refractivity contribution in [2.24, 2.45) is 0 Å². The average molecular weight is 280 g/mol. The first kappa shape index (κ1) is 12.8. The van der Waals surface area contributed by atoms with Crippen molar-refractivity contribution in [3.63, 3.8) is 0 Å². The van der Waals surface area contributed by atoms with Crippen LogP contribution in [0.15, 0.2) is 18.2 Å². The van der Waals surface area contributed by atoms with Gasteiger partial charge in [-0.15, -0.1) is 0 Å². The average Bonchev–Trinajstić information content (AvgIpc) is 2.94. The van der Waals surface area contributed by atoms with Gasteiger partial charge in [0.1, 0.15) is 0 Å². The van der Waals surface area contributed by atoms with Crippen LogP contribution in [0.4, 0.5) is 5.69 Å². The molecule has 2 saturated heterocycles. The zero-order valence-corrected chi connectivity index (χ0v) is 11.5. The molecule has 2 fully saturated rings. The van der Waals surface area contributed by atoms with E-state index < -0.39 is 0 Å². The van der Waals surface area contributed by atoms with Crippen LogP contribution < -0.4 is 11.1 Å². The third kappa shape index (κ3) is 2.42. The SMILES string of the molecule is Nc1cc(Cl)ccc1C(=O)NC1CCN2CCCC12. The van der Waals surface area contributed by atoms with E-state index in [1.807, 2.05) is 0 Å². The fourth-order valence-corrected chi connectivity index (χ4v) is 3.42. The van der Waals surface area contributed by atoms with E-state index in [0.717, 1.165) is 13.0 Å². The Balaban J connectivity index is 1.71. The Morgan fingerprint density at radius 3 is 3.00 bits per heavy atom. The molecule has 0 spiro atoms. The molecule has 1 aromatic carbocycles. The van der Waals surface area contributed by atoms with E-state index in [0.29, 0.717) is 22.3 Å². The molecular formula is C14H18ClN3O. The zero-order chi connectivity index (χ0) is 13.4. The lowest BCUT2D eigenvalue weighted by Gasteiger charge is -2.21. The molecule has 2 aliphatic rings. The highest BCUT2D eigenvalue weighted by Crippen LogP contribution is 2.28. The molecule has 2 atom stereocenters. The highest BCUT2D eigenvalue weighted by atomic mass is 35.5. The molecule has 0 aliphatic carbocycles. The van der Waals surface area contributed by atoms with Gasteiger partial charge in [0.15, 0.2) is 0 Å². The first-order chi connectivity index (χ1) is 9.15. The van der Waals surface area contributed by atoms with Crippen molar-refractivity contribution in [3.05, 3.63) is 28.8 Å². The van der Waals surface area contributed by atoms with Crippen molar-refractivity contribution in [2.45, 2.75) is 31.3 Å². The van der Waals surface area contributed by atoms with Crippen LogP contribution in [0, 0.1) is 0 Å². The maximum absolute atomic E-state index is 12.3. The predicted molar refractivity (Wildman–Crippen MR) is 76.3 cm³/mol. The molecule has 0 aromatic heterocycles. The van der Waals surface area contributed by atoms with Gasteiger partial charge in [0, 0.05) is 29.3 Å². The van der Waals surface area contributed by atoms with E-state index in [1.165, 1.54) is 19.4 Å². The second kappa shape index (κ2) is 5.02. The van der Waals surface area contributed by atoms with Gasteiger partial charge < -0.3 is 11.1 Å². The number of halogens is 1. The maximum Gasteiger partial charge on any atom is 0.253 e. The van der Waals surface area contributed by atoms with Crippen LogP contribution in [0.5, 0.6) is 0 Å². The van der Waals surface area contributed by atoms with Crippen LogP contribution in [0.1, 0.15) is 29.6 Å². The summed E-state index contributed by atoms with van der Waals surface area (Å²) in [6, 6.07) is 5.77. The van der Waals surface area contributed by atoms with Crippen LogP contribution in [-0.4, -0.2) is 36.0 Å². The molecule has 3 rings (SSSR count). The summed E-state index contributed by atoms with van der Waals surface area (Å²) in [5.41, 5.74) is 6.80. The molecule has 3 N–H and O–H groups in total. The quantitative estimate of drug-likeness (QED) is 0.813. The zero-order valence-electron chi connectivity index (χ0n) is 10.7. The second-order valence-corrected chi connectivity index (χ2v) is 5.78. The molecule has 5 heteroatoms. The van der Waals surface area contributed by atoms with Gasteiger partial charge in [-0.3, -0.25) is 9.69 Å². The van der Waals surface area contributed by atoms with Crippen molar-refractivity contribution in [1.82, 2.24) is 10.2 Å². The van der Waals surface area contributed by atoms with E-state index in [9.17, 15) is 4.79 Å². The summed E-state index contributed by atoms with van der Waals surface area (Å²) in [7, 11) is 0. The number of anilines is 1. The summed E-state index contributed by atoms with van der Waals surface area (Å²) < 4.78 is 0. The molecule has 1 aromatic rings. The molecule has 0 saturated carbocycles. The number of nitrogens with one attached hydrogen (secondary N) is 1. The van der Waals surface area contributed by atoms with Gasteiger partial charge in [-0.1, -0.05) is 11.6 Å². The topological polar surface area (TPSA) is 58.4 Å². The molecule has 2 unspecified atom stereocenters. The molecular weight excluding hydrogens is 262 g/mol. The normalized spacial score (nSPS) is 26.4. The Labute approximate surface area is 117 Å². The van der Waals surface area contributed by atoms with E-state index in [1.54, 1.807) is 18.2 Å². The number of carbonyl (C=O) groups is 1. The number of benzene rings is 1. The van der Waals surface area contributed by atoms with Crippen molar-refractivity contribution in [1.29, 1.82) is 0 Å². The van der Waals surface area contributed by atoms with Crippen molar-refractivity contribution < 1.29 is 4.79 Å². The Morgan fingerprint density at radius 2 is 2.21 bits per heavy atom. The molecule has 102 valence electrons. The number of nitrogen functional groups attached to an aromatic ring is 1. The summed E-state index contributed by atoms with van der Waals surface area (Å²) in [6.45, 7) is 2.26. The number of amides is 1. The summed E-state index contributed by atoms with van der Waals surface area (Å²) in [6.07, 6.45) is 3.45. The third-order valence-corrected chi connectivity index (χ3v) is 4.42. The van der Waals surface area contributed by atoms with Crippen molar-refractivity contribution in [2.75, 3.05) is 18.8 Å². The van der Waals surface area contributed by atoms with Gasteiger partial charge in [0.2, 0.25) is 0 Å². The minimum absolute atomic E-state index is 0.0899. The van der Waals surface area contributed by atoms with Crippen molar-refractivity contribution in [3.8, 4) is 0 Å². The van der Waals surface area contributed by atoms with Crippen LogP contribution in [0.3, 0.4) is 0 Å². The largest absolute Gasteiger partial charge is 0.398 e. The lowest BCUT2D eigenvalue weighted by molar-refractivity contribution is 0.0930. The third-order valence-electron chi connectivity index (χ3n) is 4.18. The monoisotopic (exact) mass is 279 g/mol. The maximum atomic E-state index is 12.3. The molecule has 0 radical (unpaired) electrons. The van der Waals surface area contributed by atoms with Crippen LogP contribution in [0.2, 0.25) is 5.02 Å². The number of fused-ring (bicyclic) bond motifs is 1. The van der Waals surface area contributed by atoms with Crippen LogP contribution in [-0.2, 0) is 0 Å². The summed E-state index contributed by atoms with van der Waals surface area (Å²) in [4.78, 5) is 14.7. The first-order valence-electron chi connectivity index (χ1n) is 6.75. The van der Waals surface area contributed by atoms with Crippen molar-refractivity contribution >= 4 is 23.2 Å². The summed E-state index contributed by atoms with van der Waals surface area (Å²) in [5, 5.41) is 3.68. The van der Waals surface area contributed by atoms with Crippen LogP contribution in [0.25, 0.3) is 0 Å². The molecule has 2 heterocycles. The standard InChI is InChI=1S/C14H18ClN3O/c15-9-3-4-10(11(16)8-9)14(19)17-12-5-7-18-6-1-2-13(12)18/h3-4,8,12-13H,1-2,5-7,16H2,(H,17,19). The molecule has 0 bridgehead atoms. The minimum Gasteiger partial charge on any atom is -0.398 e. The van der Waals surface area contributed by atoms with Gasteiger partial charge in [-0.05, 0) is 44.0 Å². The van der Waals surface area contributed by atoms with E-state index in [2.05, 4.69) is 10.2 Å². The number of hydrogen-bond donors (Lipinski definition) is 2. The smallest absolute Gasteiger partial charge is 0.253 e. The van der Waals surface area contributed by atoms with Gasteiger partial charge in [-0.25, -0.2) is 0 Å². The minimum atomic E-state index is -0.0899. The Kier molecular flexibility index (Phi) is 3.37. The first-order valence-corrected chi connectivity index (χ1v) is 7.13. The van der Waals surface area contributed by atoms with E-state index in [4.69, 9.17) is 17.3 Å². The van der Waals surface area contributed by atoms with Gasteiger partial charge in [-0.2, -0.15) is 0 Å². The Hall–Kier alpha value is -1.26. The fourth-order valence-electron chi connectivity index (χ4n) is 3.24. The summed E-state index contributed by atoms with van der Waals surface area (Å²) >= 11 is 5.85. The number of rotatable bonds is 2. The molecule has 2 aliphatic heterocycles. The van der Waals surface area contributed by atoms with Crippen LogP contribution >= 0.6 is 11.6 Å². The Morgan fingerprint density at radius 1 is 1.37 bits per heavy atom.